The smallest absolute Gasteiger partial charge is 0.297 e. The van der Waals surface area contributed by atoms with E-state index in [9.17, 15) is 9.59 Å². The molecule has 8 heteroatoms. The number of carbonyl (C=O) groups is 2. The van der Waals surface area contributed by atoms with Crippen molar-refractivity contribution in [1.82, 2.24) is 10.7 Å². The fourth-order valence-electron chi connectivity index (χ4n) is 1.74. The Morgan fingerprint density at radius 3 is 2.52 bits per heavy atom. The maximum absolute atomic E-state index is 11.8. The molecule has 0 aromatic heterocycles. The topological polar surface area (TPSA) is 70.2 Å². The van der Waals surface area contributed by atoms with Crippen LogP contribution < -0.4 is 16.2 Å². The summed E-state index contributed by atoms with van der Waals surface area (Å²) in [7, 11) is 0. The second kappa shape index (κ2) is 8.19. The molecule has 0 atom stereocenters. The first-order valence-corrected chi connectivity index (χ1v) is 8.04. The van der Waals surface area contributed by atoms with Gasteiger partial charge in [-0.3, -0.25) is 21.0 Å². The number of nitrogens with one attached hydrogen (secondary N) is 3. The number of urea groups is 1. The molecule has 0 aliphatic heterocycles. The van der Waals surface area contributed by atoms with Gasteiger partial charge in [0, 0.05) is 4.47 Å². The second-order valence-corrected chi connectivity index (χ2v) is 6.29. The van der Waals surface area contributed by atoms with E-state index >= 15 is 0 Å². The number of benzene rings is 2. The van der Waals surface area contributed by atoms with Gasteiger partial charge in [0.05, 0.1) is 22.2 Å². The van der Waals surface area contributed by atoms with Gasteiger partial charge < -0.3 is 0 Å². The van der Waals surface area contributed by atoms with Crippen molar-refractivity contribution in [2.75, 3.05) is 5.43 Å². The molecular formula is C15H12BrCl2N3O2. The molecule has 5 nitrogen and oxygen atoms in total. The molecular weight excluding hydrogens is 405 g/mol. The zero-order valence-corrected chi connectivity index (χ0v) is 14.8. The number of rotatable bonds is 4. The third-order valence-corrected chi connectivity index (χ3v) is 3.98. The highest BCUT2D eigenvalue weighted by Gasteiger charge is 2.09. The minimum Gasteiger partial charge on any atom is -0.297 e. The van der Waals surface area contributed by atoms with Gasteiger partial charge in [-0.1, -0.05) is 51.3 Å². The number of hydrazine groups is 1. The summed E-state index contributed by atoms with van der Waals surface area (Å²) in [6, 6.07) is 11.4. The number of hydrogen-bond acceptors (Lipinski definition) is 3. The van der Waals surface area contributed by atoms with Crippen molar-refractivity contribution < 1.29 is 9.59 Å². The first-order valence-electron chi connectivity index (χ1n) is 6.49. The highest BCUT2D eigenvalue weighted by molar-refractivity contribution is 9.10. The Hall–Kier alpha value is -1.76. The number of hydrogen-bond donors (Lipinski definition) is 3. The van der Waals surface area contributed by atoms with Crippen molar-refractivity contribution in [3.63, 3.8) is 0 Å². The van der Waals surface area contributed by atoms with E-state index in [1.165, 1.54) is 0 Å². The molecule has 0 saturated carbocycles. The molecule has 23 heavy (non-hydrogen) atoms. The van der Waals surface area contributed by atoms with Crippen LogP contribution in [0.25, 0.3) is 0 Å². The van der Waals surface area contributed by atoms with Gasteiger partial charge in [0.2, 0.25) is 5.91 Å². The fourth-order valence-corrected chi connectivity index (χ4v) is 2.48. The molecule has 0 spiro atoms. The maximum Gasteiger partial charge on any atom is 0.340 e. The van der Waals surface area contributed by atoms with Crippen LogP contribution in [0.1, 0.15) is 5.56 Å². The van der Waals surface area contributed by atoms with Gasteiger partial charge in [-0.2, -0.15) is 0 Å². The van der Waals surface area contributed by atoms with E-state index < -0.39 is 11.9 Å². The Morgan fingerprint density at radius 1 is 1.04 bits per heavy atom. The van der Waals surface area contributed by atoms with Crippen molar-refractivity contribution in [3.8, 4) is 0 Å². The molecule has 0 aliphatic carbocycles. The van der Waals surface area contributed by atoms with Crippen molar-refractivity contribution in [1.29, 1.82) is 0 Å². The maximum atomic E-state index is 11.8. The number of imide groups is 1. The Kier molecular flexibility index (Phi) is 6.27. The van der Waals surface area contributed by atoms with Crippen LogP contribution in [0.2, 0.25) is 10.0 Å². The van der Waals surface area contributed by atoms with Gasteiger partial charge >= 0.3 is 6.03 Å². The molecule has 3 N–H and O–H groups in total. The van der Waals surface area contributed by atoms with E-state index in [1.807, 2.05) is 18.2 Å². The lowest BCUT2D eigenvalue weighted by Gasteiger charge is -2.10. The van der Waals surface area contributed by atoms with E-state index in [0.717, 1.165) is 10.0 Å². The third-order valence-electron chi connectivity index (χ3n) is 2.75. The molecule has 0 saturated heterocycles. The molecule has 2 aromatic rings. The van der Waals surface area contributed by atoms with Gasteiger partial charge in [0.1, 0.15) is 0 Å². The third kappa shape index (κ3) is 5.74. The quantitative estimate of drug-likeness (QED) is 0.655. The van der Waals surface area contributed by atoms with E-state index in [1.54, 1.807) is 24.3 Å². The van der Waals surface area contributed by atoms with Crippen molar-refractivity contribution in [2.24, 2.45) is 0 Å². The molecule has 3 amide bonds. The van der Waals surface area contributed by atoms with Crippen LogP contribution in [0.15, 0.2) is 46.9 Å². The first-order chi connectivity index (χ1) is 10.9. The van der Waals surface area contributed by atoms with Crippen LogP contribution in [-0.4, -0.2) is 11.9 Å². The normalized spacial score (nSPS) is 10.0. The molecule has 2 rings (SSSR count). The Labute approximate surface area is 151 Å². The molecule has 0 bridgehead atoms. The lowest BCUT2D eigenvalue weighted by molar-refractivity contribution is -0.119. The van der Waals surface area contributed by atoms with Crippen LogP contribution in [-0.2, 0) is 11.2 Å². The Morgan fingerprint density at radius 2 is 1.83 bits per heavy atom. The van der Waals surface area contributed by atoms with Crippen molar-refractivity contribution in [3.05, 3.63) is 62.5 Å². The monoisotopic (exact) mass is 415 g/mol. The lowest BCUT2D eigenvalue weighted by Crippen LogP contribution is -2.42. The number of anilines is 1. The molecule has 0 fully saturated rings. The summed E-state index contributed by atoms with van der Waals surface area (Å²) in [5.74, 6) is -0.420. The fraction of sp³-hybridized carbons (Fsp3) is 0.0667. The van der Waals surface area contributed by atoms with Crippen LogP contribution in [0.5, 0.6) is 0 Å². The van der Waals surface area contributed by atoms with Crippen LogP contribution in [0, 0.1) is 0 Å². The highest BCUT2D eigenvalue weighted by atomic mass is 79.9. The van der Waals surface area contributed by atoms with Crippen LogP contribution in [0.4, 0.5) is 10.5 Å². The minimum atomic E-state index is -0.670. The summed E-state index contributed by atoms with van der Waals surface area (Å²) in [4.78, 5) is 23.5. The van der Waals surface area contributed by atoms with E-state index in [0.29, 0.717) is 15.7 Å². The predicted octanol–water partition coefficient (Wildman–Crippen LogP) is 4.15. The molecule has 0 unspecified atom stereocenters. The molecule has 0 radical (unpaired) electrons. The van der Waals surface area contributed by atoms with Crippen LogP contribution in [0.3, 0.4) is 0 Å². The summed E-state index contributed by atoms with van der Waals surface area (Å²) >= 11 is 15.0. The number of carbonyl (C=O) groups excluding carboxylic acids is 2. The summed E-state index contributed by atoms with van der Waals surface area (Å²) in [5, 5.41) is 2.98. The summed E-state index contributed by atoms with van der Waals surface area (Å²) < 4.78 is 0.869. The highest BCUT2D eigenvalue weighted by Crippen LogP contribution is 2.24. The minimum absolute atomic E-state index is 0.0969. The van der Waals surface area contributed by atoms with Gasteiger partial charge in [0.25, 0.3) is 0 Å². The van der Waals surface area contributed by atoms with Gasteiger partial charge in [-0.05, 0) is 35.9 Å². The summed E-state index contributed by atoms with van der Waals surface area (Å²) in [6.07, 6.45) is 0.0969. The summed E-state index contributed by atoms with van der Waals surface area (Å²) in [5.41, 5.74) is 6.30. The number of halogens is 3. The number of amides is 3. The van der Waals surface area contributed by atoms with E-state index in [-0.39, 0.29) is 6.42 Å². The van der Waals surface area contributed by atoms with E-state index in [4.69, 9.17) is 23.2 Å². The van der Waals surface area contributed by atoms with E-state index in [2.05, 4.69) is 32.1 Å². The van der Waals surface area contributed by atoms with Crippen molar-refractivity contribution in [2.45, 2.75) is 6.42 Å². The second-order valence-electron chi connectivity index (χ2n) is 4.56. The van der Waals surface area contributed by atoms with Crippen LogP contribution >= 0.6 is 39.1 Å². The zero-order chi connectivity index (χ0) is 16.8. The summed E-state index contributed by atoms with van der Waals surface area (Å²) in [6.45, 7) is 0. The first kappa shape index (κ1) is 17.6. The van der Waals surface area contributed by atoms with Crippen molar-refractivity contribution >= 4 is 56.8 Å². The average Bonchev–Trinajstić information content (AvgIpc) is 2.48. The molecule has 0 heterocycles. The Balaban J connectivity index is 1.82. The zero-order valence-electron chi connectivity index (χ0n) is 11.7. The Bertz CT molecular complexity index is 740. The molecule has 120 valence electrons. The molecule has 0 aliphatic rings. The molecule has 2 aromatic carbocycles. The lowest BCUT2D eigenvalue weighted by atomic mass is 10.1. The largest absolute Gasteiger partial charge is 0.340 e. The average molecular weight is 417 g/mol. The van der Waals surface area contributed by atoms with Gasteiger partial charge in [0.15, 0.2) is 0 Å². The SMILES string of the molecule is O=C(Cc1cccc(Br)c1)NC(=O)NNc1ccc(Cl)c(Cl)c1. The standard InChI is InChI=1S/C15H12BrCl2N3O2/c16-10-3-1-2-9(6-10)7-14(22)19-15(23)21-20-11-4-5-12(17)13(18)8-11/h1-6,8,20H,7H2,(H2,19,21,22,23). The van der Waals surface area contributed by atoms with Gasteiger partial charge in [-0.15, -0.1) is 0 Å². The predicted molar refractivity (Wildman–Crippen MR) is 94.6 cm³/mol. The van der Waals surface area contributed by atoms with Gasteiger partial charge in [-0.25, -0.2) is 4.79 Å².